The van der Waals surface area contributed by atoms with Crippen molar-refractivity contribution in [3.63, 3.8) is 0 Å². The predicted molar refractivity (Wildman–Crippen MR) is 46.4 cm³/mol. The average Bonchev–Trinajstić information content (AvgIpc) is 2.66. The first kappa shape index (κ1) is 9.01. The molecule has 2 N–H and O–H groups in total. The van der Waals surface area contributed by atoms with Gasteiger partial charge in [0.15, 0.2) is 0 Å². The third-order valence-electron chi connectivity index (χ3n) is 2.07. The molecule has 0 aliphatic heterocycles. The minimum Gasteiger partial charge on any atom is -0.392 e. The molecular weight excluding hydrogens is 138 g/mol. The zero-order valence-electron chi connectivity index (χ0n) is 7.51. The largest absolute Gasteiger partial charge is 0.392 e. The average molecular weight is 157 g/mol. The molecule has 66 valence electrons. The molecule has 2 heteroatoms. The SMILES string of the molecule is CC(C)CNCC(O)C1CC1. The zero-order valence-corrected chi connectivity index (χ0v) is 7.51. The molecule has 0 saturated heterocycles. The van der Waals surface area contributed by atoms with E-state index in [9.17, 15) is 5.11 Å². The summed E-state index contributed by atoms with van der Waals surface area (Å²) in [5, 5.41) is 12.7. The Hall–Kier alpha value is -0.0800. The molecule has 0 aromatic carbocycles. The van der Waals surface area contributed by atoms with Crippen LogP contribution in [-0.2, 0) is 0 Å². The Morgan fingerprint density at radius 2 is 2.00 bits per heavy atom. The van der Waals surface area contributed by atoms with Gasteiger partial charge in [0.25, 0.3) is 0 Å². The Morgan fingerprint density at radius 1 is 1.36 bits per heavy atom. The predicted octanol–water partition coefficient (Wildman–Crippen LogP) is 1.00. The summed E-state index contributed by atoms with van der Waals surface area (Å²) in [6.45, 7) is 6.15. The van der Waals surface area contributed by atoms with Crippen molar-refractivity contribution in [1.29, 1.82) is 0 Å². The highest BCUT2D eigenvalue weighted by molar-refractivity contribution is 4.81. The van der Waals surface area contributed by atoms with Crippen LogP contribution in [0.1, 0.15) is 26.7 Å². The van der Waals surface area contributed by atoms with E-state index in [4.69, 9.17) is 0 Å². The fourth-order valence-corrected chi connectivity index (χ4v) is 1.17. The molecule has 0 aromatic rings. The number of hydrogen-bond donors (Lipinski definition) is 2. The van der Waals surface area contributed by atoms with Gasteiger partial charge < -0.3 is 10.4 Å². The van der Waals surface area contributed by atoms with E-state index in [0.717, 1.165) is 13.1 Å². The molecule has 1 saturated carbocycles. The Morgan fingerprint density at radius 3 is 2.45 bits per heavy atom. The lowest BCUT2D eigenvalue weighted by molar-refractivity contribution is 0.148. The Bertz CT molecular complexity index is 110. The summed E-state index contributed by atoms with van der Waals surface area (Å²) in [6, 6.07) is 0. The second-order valence-corrected chi connectivity index (χ2v) is 3.96. The van der Waals surface area contributed by atoms with E-state index in [1.807, 2.05) is 0 Å². The molecule has 1 atom stereocenters. The monoisotopic (exact) mass is 157 g/mol. The van der Waals surface area contributed by atoms with E-state index in [1.54, 1.807) is 0 Å². The number of aliphatic hydroxyl groups is 1. The quantitative estimate of drug-likeness (QED) is 0.624. The van der Waals surface area contributed by atoms with Gasteiger partial charge in [0, 0.05) is 6.54 Å². The van der Waals surface area contributed by atoms with Crippen LogP contribution >= 0.6 is 0 Å². The van der Waals surface area contributed by atoms with E-state index in [-0.39, 0.29) is 6.10 Å². The molecule has 0 bridgehead atoms. The highest BCUT2D eigenvalue weighted by atomic mass is 16.3. The molecule has 2 nitrogen and oxygen atoms in total. The fraction of sp³-hybridized carbons (Fsp3) is 1.00. The lowest BCUT2D eigenvalue weighted by Gasteiger charge is -2.11. The van der Waals surface area contributed by atoms with Crippen LogP contribution in [-0.4, -0.2) is 24.3 Å². The first-order valence-corrected chi connectivity index (χ1v) is 4.59. The molecule has 0 spiro atoms. The van der Waals surface area contributed by atoms with Crippen LogP contribution in [0.25, 0.3) is 0 Å². The Balaban J connectivity index is 1.93. The highest BCUT2D eigenvalue weighted by Gasteiger charge is 2.28. The normalized spacial score (nSPS) is 20.7. The van der Waals surface area contributed by atoms with Crippen LogP contribution in [0.4, 0.5) is 0 Å². The van der Waals surface area contributed by atoms with Crippen molar-refractivity contribution < 1.29 is 5.11 Å². The second-order valence-electron chi connectivity index (χ2n) is 3.96. The highest BCUT2D eigenvalue weighted by Crippen LogP contribution is 2.32. The van der Waals surface area contributed by atoms with Gasteiger partial charge >= 0.3 is 0 Å². The maximum atomic E-state index is 9.44. The minimum absolute atomic E-state index is 0.0891. The van der Waals surface area contributed by atoms with Gasteiger partial charge in [-0.2, -0.15) is 0 Å². The van der Waals surface area contributed by atoms with Gasteiger partial charge in [-0.25, -0.2) is 0 Å². The molecule has 1 unspecified atom stereocenters. The maximum absolute atomic E-state index is 9.44. The molecule has 0 aromatic heterocycles. The van der Waals surface area contributed by atoms with Crippen molar-refractivity contribution >= 4 is 0 Å². The summed E-state index contributed by atoms with van der Waals surface area (Å²) in [7, 11) is 0. The van der Waals surface area contributed by atoms with Gasteiger partial charge in [-0.15, -0.1) is 0 Å². The van der Waals surface area contributed by atoms with Crippen LogP contribution in [0, 0.1) is 11.8 Å². The zero-order chi connectivity index (χ0) is 8.27. The second kappa shape index (κ2) is 4.07. The molecular formula is C9H19NO. The molecule has 0 heterocycles. The summed E-state index contributed by atoms with van der Waals surface area (Å²) in [5.74, 6) is 1.29. The Labute approximate surface area is 69.0 Å². The molecule has 1 aliphatic carbocycles. The lowest BCUT2D eigenvalue weighted by Crippen LogP contribution is -2.30. The van der Waals surface area contributed by atoms with E-state index in [1.165, 1.54) is 12.8 Å². The van der Waals surface area contributed by atoms with Crippen molar-refractivity contribution in [2.45, 2.75) is 32.8 Å². The van der Waals surface area contributed by atoms with Crippen molar-refractivity contribution in [3.05, 3.63) is 0 Å². The summed E-state index contributed by atoms with van der Waals surface area (Å²) < 4.78 is 0. The number of rotatable bonds is 5. The first-order chi connectivity index (χ1) is 5.20. The van der Waals surface area contributed by atoms with Gasteiger partial charge in [0.1, 0.15) is 0 Å². The lowest BCUT2D eigenvalue weighted by atomic mass is 10.2. The van der Waals surface area contributed by atoms with Crippen LogP contribution in [0.5, 0.6) is 0 Å². The van der Waals surface area contributed by atoms with Gasteiger partial charge in [-0.1, -0.05) is 13.8 Å². The number of hydrogen-bond acceptors (Lipinski definition) is 2. The van der Waals surface area contributed by atoms with E-state index in [2.05, 4.69) is 19.2 Å². The third kappa shape index (κ3) is 3.73. The van der Waals surface area contributed by atoms with Crippen molar-refractivity contribution in [1.82, 2.24) is 5.32 Å². The summed E-state index contributed by atoms with van der Waals surface area (Å²) in [4.78, 5) is 0. The summed E-state index contributed by atoms with van der Waals surface area (Å²) >= 11 is 0. The summed E-state index contributed by atoms with van der Waals surface area (Å²) in [6.07, 6.45) is 2.36. The smallest absolute Gasteiger partial charge is 0.0692 e. The van der Waals surface area contributed by atoms with Crippen molar-refractivity contribution in [2.24, 2.45) is 11.8 Å². The van der Waals surface area contributed by atoms with Gasteiger partial charge in [0.2, 0.25) is 0 Å². The number of aliphatic hydroxyl groups excluding tert-OH is 1. The molecule has 1 rings (SSSR count). The minimum atomic E-state index is -0.0891. The summed E-state index contributed by atoms with van der Waals surface area (Å²) in [5.41, 5.74) is 0. The van der Waals surface area contributed by atoms with Crippen molar-refractivity contribution in [3.8, 4) is 0 Å². The van der Waals surface area contributed by atoms with Crippen molar-refractivity contribution in [2.75, 3.05) is 13.1 Å². The molecule has 0 amide bonds. The van der Waals surface area contributed by atoms with Crippen LogP contribution < -0.4 is 5.32 Å². The van der Waals surface area contributed by atoms with Gasteiger partial charge in [-0.05, 0) is 31.2 Å². The van der Waals surface area contributed by atoms with Crippen LogP contribution in [0.3, 0.4) is 0 Å². The molecule has 1 aliphatic rings. The fourth-order valence-electron chi connectivity index (χ4n) is 1.17. The molecule has 1 fully saturated rings. The Kier molecular flexibility index (Phi) is 3.34. The van der Waals surface area contributed by atoms with E-state index >= 15 is 0 Å². The van der Waals surface area contributed by atoms with E-state index in [0.29, 0.717) is 11.8 Å². The molecule has 0 radical (unpaired) electrons. The van der Waals surface area contributed by atoms with Gasteiger partial charge in [-0.3, -0.25) is 0 Å². The third-order valence-corrected chi connectivity index (χ3v) is 2.07. The first-order valence-electron chi connectivity index (χ1n) is 4.59. The van der Waals surface area contributed by atoms with Gasteiger partial charge in [0.05, 0.1) is 6.10 Å². The number of nitrogens with one attached hydrogen (secondary N) is 1. The van der Waals surface area contributed by atoms with Crippen LogP contribution in [0.15, 0.2) is 0 Å². The molecule has 11 heavy (non-hydrogen) atoms. The van der Waals surface area contributed by atoms with E-state index < -0.39 is 0 Å². The standard InChI is InChI=1S/C9H19NO/c1-7(2)5-10-6-9(11)8-3-4-8/h7-11H,3-6H2,1-2H3. The van der Waals surface area contributed by atoms with Crippen LogP contribution in [0.2, 0.25) is 0 Å². The topological polar surface area (TPSA) is 32.3 Å². The maximum Gasteiger partial charge on any atom is 0.0692 e.